The summed E-state index contributed by atoms with van der Waals surface area (Å²) in [5.74, 6) is 1.95. The zero-order chi connectivity index (χ0) is 35.4. The van der Waals surface area contributed by atoms with Crippen LogP contribution in [-0.4, -0.2) is 85.7 Å². The number of imidazole rings is 2. The summed E-state index contributed by atoms with van der Waals surface area (Å²) in [5.41, 5.74) is 2.42. The number of carbonyl (C=O) groups excluding carboxylic acids is 2. The molecular formula is C39H61N7O4. The highest BCUT2D eigenvalue weighted by molar-refractivity contribution is 5.71. The highest BCUT2D eigenvalue weighted by Gasteiger charge is 2.18. The minimum absolute atomic E-state index is 0.254. The maximum atomic E-state index is 12.6. The Morgan fingerprint density at radius 1 is 0.780 bits per heavy atom. The van der Waals surface area contributed by atoms with Crippen LogP contribution in [0.1, 0.15) is 107 Å². The smallest absolute Gasteiger partial charge is 0.309 e. The highest BCUT2D eigenvalue weighted by atomic mass is 16.7. The molecule has 1 saturated carbocycles. The number of aryl methyl sites for hydroxylation is 1. The summed E-state index contributed by atoms with van der Waals surface area (Å²) in [6.45, 7) is 12.0. The van der Waals surface area contributed by atoms with E-state index in [1.807, 2.05) is 25.6 Å². The summed E-state index contributed by atoms with van der Waals surface area (Å²) >= 11 is 0. The van der Waals surface area contributed by atoms with Gasteiger partial charge in [0.25, 0.3) is 0 Å². The van der Waals surface area contributed by atoms with E-state index >= 15 is 0 Å². The second-order valence-corrected chi connectivity index (χ2v) is 13.9. The van der Waals surface area contributed by atoms with Crippen LogP contribution in [-0.2, 0) is 52.3 Å². The van der Waals surface area contributed by atoms with E-state index in [4.69, 9.17) is 9.47 Å². The SMILES string of the molecule is CCCN(CCC)CCCCN(CCC(=O)OCOC(=O)CCC1CCCC1)Cc1ccc(CN(Cc2ncc[nH]2)Cc2nccn2C)cc1. The van der Waals surface area contributed by atoms with Gasteiger partial charge < -0.3 is 23.9 Å². The number of carbonyl (C=O) groups is 2. The number of hydrogen-bond acceptors (Lipinski definition) is 9. The molecule has 0 bridgehead atoms. The van der Waals surface area contributed by atoms with Gasteiger partial charge in [0.05, 0.1) is 19.5 Å². The van der Waals surface area contributed by atoms with Gasteiger partial charge in [0.15, 0.2) is 0 Å². The first-order valence-electron chi connectivity index (χ1n) is 18.9. The van der Waals surface area contributed by atoms with Gasteiger partial charge in [-0.1, -0.05) is 63.8 Å². The van der Waals surface area contributed by atoms with Gasteiger partial charge >= 0.3 is 11.9 Å². The van der Waals surface area contributed by atoms with Crippen LogP contribution in [0.4, 0.5) is 0 Å². The van der Waals surface area contributed by atoms with Crippen molar-refractivity contribution in [2.75, 3.05) is 39.5 Å². The zero-order valence-corrected chi connectivity index (χ0v) is 30.9. The second-order valence-electron chi connectivity index (χ2n) is 13.9. The predicted molar refractivity (Wildman–Crippen MR) is 196 cm³/mol. The summed E-state index contributed by atoms with van der Waals surface area (Å²) in [7, 11) is 2.02. The molecule has 1 aliphatic rings. The third-order valence-corrected chi connectivity index (χ3v) is 9.63. The molecule has 4 rings (SSSR count). The number of nitrogens with one attached hydrogen (secondary N) is 1. The molecule has 0 spiro atoms. The Labute approximate surface area is 299 Å². The fourth-order valence-electron chi connectivity index (χ4n) is 6.86. The van der Waals surface area contributed by atoms with E-state index in [0.29, 0.717) is 32.0 Å². The maximum absolute atomic E-state index is 12.6. The first-order valence-corrected chi connectivity index (χ1v) is 18.9. The topological polar surface area (TPSA) is 109 Å². The molecule has 0 radical (unpaired) electrons. The summed E-state index contributed by atoms with van der Waals surface area (Å²) in [4.78, 5) is 44.2. The van der Waals surface area contributed by atoms with E-state index in [2.05, 4.69) is 72.3 Å². The molecule has 1 fully saturated rings. The first kappa shape index (κ1) is 39.2. The maximum Gasteiger partial charge on any atom is 0.309 e. The number of aromatic nitrogens is 4. The van der Waals surface area contributed by atoms with Gasteiger partial charge in [-0.25, -0.2) is 9.97 Å². The van der Waals surface area contributed by atoms with Crippen LogP contribution in [0.5, 0.6) is 0 Å². The number of rotatable bonds is 25. The summed E-state index contributed by atoms with van der Waals surface area (Å²) in [6, 6.07) is 8.79. The van der Waals surface area contributed by atoms with Crippen molar-refractivity contribution in [3.63, 3.8) is 0 Å². The molecule has 2 heterocycles. The summed E-state index contributed by atoms with van der Waals surface area (Å²) in [6.07, 6.45) is 18.4. The lowest BCUT2D eigenvalue weighted by molar-refractivity contribution is -0.167. The molecule has 0 atom stereocenters. The molecule has 1 aromatic carbocycles. The molecule has 11 nitrogen and oxygen atoms in total. The Morgan fingerprint density at radius 3 is 2.02 bits per heavy atom. The van der Waals surface area contributed by atoms with Crippen molar-refractivity contribution in [3.8, 4) is 0 Å². The number of unbranched alkanes of at least 4 members (excludes halogenated alkanes) is 1. The van der Waals surface area contributed by atoms with Crippen LogP contribution in [0.25, 0.3) is 0 Å². The van der Waals surface area contributed by atoms with Gasteiger partial charge in [-0.05, 0) is 75.3 Å². The molecule has 276 valence electrons. The third kappa shape index (κ3) is 14.7. The second kappa shape index (κ2) is 22.3. The number of ether oxygens (including phenoxy) is 2. The molecule has 50 heavy (non-hydrogen) atoms. The lowest BCUT2D eigenvalue weighted by atomic mass is 10.0. The van der Waals surface area contributed by atoms with Crippen LogP contribution < -0.4 is 0 Å². The minimum atomic E-state index is -0.338. The Kier molecular flexibility index (Phi) is 17.5. The van der Waals surface area contributed by atoms with Gasteiger partial charge in [-0.2, -0.15) is 0 Å². The van der Waals surface area contributed by atoms with E-state index in [1.165, 1.54) is 49.7 Å². The fraction of sp³-hybridized carbons (Fsp3) is 0.641. The Hall–Kier alpha value is -3.54. The van der Waals surface area contributed by atoms with Crippen molar-refractivity contribution in [2.45, 2.75) is 111 Å². The molecular weight excluding hydrogens is 630 g/mol. The number of esters is 2. The standard InChI is InChI=1S/C39H61N7O4/c1-4-22-44(23-5-2)24-8-9-25-45(26-18-39(48)50-32-49-38(47)17-16-33-10-6-7-11-33)28-34-12-14-35(15-13-34)29-46(30-36-40-19-20-41-36)31-37-42-21-27-43(37)3/h12-15,19-21,27,33H,4-11,16-18,22-26,28-32H2,1-3H3,(H,40,41). The quantitative estimate of drug-likeness (QED) is 0.0609. The van der Waals surface area contributed by atoms with Crippen LogP contribution in [0.3, 0.4) is 0 Å². The lowest BCUT2D eigenvalue weighted by Crippen LogP contribution is -2.30. The molecule has 1 N–H and O–H groups in total. The number of nitrogens with zero attached hydrogens (tertiary/aromatic N) is 6. The van der Waals surface area contributed by atoms with Crippen LogP contribution in [0.15, 0.2) is 49.1 Å². The Morgan fingerprint density at radius 2 is 1.42 bits per heavy atom. The van der Waals surface area contributed by atoms with E-state index in [9.17, 15) is 9.59 Å². The molecule has 0 unspecified atom stereocenters. The lowest BCUT2D eigenvalue weighted by Gasteiger charge is -2.24. The molecule has 1 aliphatic carbocycles. The number of hydrogen-bond donors (Lipinski definition) is 1. The van der Waals surface area contributed by atoms with Crippen LogP contribution >= 0.6 is 0 Å². The van der Waals surface area contributed by atoms with Crippen LogP contribution in [0.2, 0.25) is 0 Å². The number of aromatic amines is 1. The van der Waals surface area contributed by atoms with Gasteiger partial charge in [0.1, 0.15) is 11.6 Å². The third-order valence-electron chi connectivity index (χ3n) is 9.63. The molecule has 0 amide bonds. The van der Waals surface area contributed by atoms with Gasteiger partial charge in [0, 0.05) is 57.9 Å². The van der Waals surface area contributed by atoms with E-state index in [-0.39, 0.29) is 25.2 Å². The first-order chi connectivity index (χ1) is 24.4. The van der Waals surface area contributed by atoms with Crippen LogP contribution in [0, 0.1) is 5.92 Å². The monoisotopic (exact) mass is 691 g/mol. The average Bonchev–Trinajstić information content (AvgIpc) is 3.90. The van der Waals surface area contributed by atoms with Crippen molar-refractivity contribution >= 4 is 11.9 Å². The minimum Gasteiger partial charge on any atom is -0.428 e. The summed E-state index contributed by atoms with van der Waals surface area (Å²) < 4.78 is 12.6. The van der Waals surface area contributed by atoms with Crippen molar-refractivity contribution < 1.29 is 19.1 Å². The van der Waals surface area contributed by atoms with Gasteiger partial charge in [0.2, 0.25) is 6.79 Å². The van der Waals surface area contributed by atoms with Crippen molar-refractivity contribution in [3.05, 3.63) is 71.8 Å². The Bertz CT molecular complexity index is 1350. The molecule has 0 aliphatic heterocycles. The van der Waals surface area contributed by atoms with Gasteiger partial charge in [-0.3, -0.25) is 19.4 Å². The van der Waals surface area contributed by atoms with Crippen molar-refractivity contribution in [1.82, 2.24) is 34.2 Å². The van der Waals surface area contributed by atoms with Crippen molar-refractivity contribution in [2.24, 2.45) is 13.0 Å². The van der Waals surface area contributed by atoms with E-state index in [1.54, 1.807) is 6.20 Å². The zero-order valence-electron chi connectivity index (χ0n) is 30.9. The van der Waals surface area contributed by atoms with E-state index in [0.717, 1.165) is 70.2 Å². The number of H-pyrrole nitrogens is 1. The largest absolute Gasteiger partial charge is 0.428 e. The Balaban J connectivity index is 1.28. The normalized spacial score (nSPS) is 13.6. The molecule has 11 heteroatoms. The predicted octanol–water partition coefficient (Wildman–Crippen LogP) is 6.45. The van der Waals surface area contributed by atoms with Gasteiger partial charge in [-0.15, -0.1) is 0 Å². The fourth-order valence-corrected chi connectivity index (χ4v) is 6.86. The molecule has 2 aromatic heterocycles. The highest BCUT2D eigenvalue weighted by Crippen LogP contribution is 2.28. The van der Waals surface area contributed by atoms with E-state index < -0.39 is 0 Å². The number of benzene rings is 1. The molecule has 3 aromatic rings. The molecule has 0 saturated heterocycles. The average molecular weight is 692 g/mol. The van der Waals surface area contributed by atoms with Crippen molar-refractivity contribution in [1.29, 1.82) is 0 Å². The summed E-state index contributed by atoms with van der Waals surface area (Å²) in [5, 5.41) is 0.